The highest BCUT2D eigenvalue weighted by Gasteiger charge is 2.27. The summed E-state index contributed by atoms with van der Waals surface area (Å²) in [6.07, 6.45) is 0.690. The first kappa shape index (κ1) is 12.9. The number of alkyl halides is 1. The number of carbonyl (C=O) groups is 2. The number of para-hydroxylation sites is 1. The van der Waals surface area contributed by atoms with Gasteiger partial charge >= 0.3 is 0 Å². The maximum Gasteiger partial charge on any atom is 0.221 e. The van der Waals surface area contributed by atoms with Gasteiger partial charge in [-0.2, -0.15) is 0 Å². The number of fused-ring (bicyclic) bond motifs is 1. The number of benzene rings is 1. The summed E-state index contributed by atoms with van der Waals surface area (Å²) in [6, 6.07) is 6.55. The van der Waals surface area contributed by atoms with Gasteiger partial charge in [0.2, 0.25) is 5.91 Å². The first-order valence-corrected chi connectivity index (χ1v) is 6.37. The predicted octanol–water partition coefficient (Wildman–Crippen LogP) is 1.77. The standard InChI is InChI=1S/C13H14ClNO3/c14-7-5-12(16)15-10-6-8-18-11-4-2-1-3-9(11)13(10)17/h1-4,10H,5-8H2,(H,15,16). The van der Waals surface area contributed by atoms with Crippen molar-refractivity contribution in [2.75, 3.05) is 12.5 Å². The van der Waals surface area contributed by atoms with Gasteiger partial charge in [0.05, 0.1) is 18.2 Å². The van der Waals surface area contributed by atoms with Gasteiger partial charge in [-0.1, -0.05) is 12.1 Å². The van der Waals surface area contributed by atoms with Crippen molar-refractivity contribution in [1.29, 1.82) is 0 Å². The number of ketones is 1. The van der Waals surface area contributed by atoms with Crippen molar-refractivity contribution >= 4 is 23.3 Å². The highest BCUT2D eigenvalue weighted by molar-refractivity contribution is 6.19. The molecular formula is C13H14ClNO3. The van der Waals surface area contributed by atoms with Crippen LogP contribution in [0.4, 0.5) is 0 Å². The average molecular weight is 268 g/mol. The molecule has 0 aliphatic carbocycles. The lowest BCUT2D eigenvalue weighted by Crippen LogP contribution is -2.41. The minimum atomic E-state index is -0.524. The highest BCUT2D eigenvalue weighted by atomic mass is 35.5. The van der Waals surface area contributed by atoms with Crippen LogP contribution in [0.25, 0.3) is 0 Å². The Kier molecular flexibility index (Phi) is 4.20. The Balaban J connectivity index is 2.15. The summed E-state index contributed by atoms with van der Waals surface area (Å²) in [5, 5.41) is 2.70. The van der Waals surface area contributed by atoms with Gasteiger partial charge < -0.3 is 10.1 Å². The fourth-order valence-corrected chi connectivity index (χ4v) is 2.06. The molecule has 18 heavy (non-hydrogen) atoms. The minimum absolute atomic E-state index is 0.106. The third kappa shape index (κ3) is 2.82. The highest BCUT2D eigenvalue weighted by Crippen LogP contribution is 2.23. The minimum Gasteiger partial charge on any atom is -0.493 e. The number of hydrogen-bond donors (Lipinski definition) is 1. The lowest BCUT2D eigenvalue weighted by atomic mass is 10.0. The number of ether oxygens (including phenoxy) is 1. The quantitative estimate of drug-likeness (QED) is 0.849. The molecule has 0 aromatic heterocycles. The number of halogens is 1. The van der Waals surface area contributed by atoms with Crippen LogP contribution >= 0.6 is 11.6 Å². The third-order valence-electron chi connectivity index (χ3n) is 2.79. The zero-order valence-corrected chi connectivity index (χ0v) is 10.6. The van der Waals surface area contributed by atoms with Crippen LogP contribution in [-0.2, 0) is 4.79 Å². The van der Waals surface area contributed by atoms with Crippen molar-refractivity contribution in [3.8, 4) is 5.75 Å². The van der Waals surface area contributed by atoms with E-state index in [4.69, 9.17) is 16.3 Å². The van der Waals surface area contributed by atoms with E-state index in [-0.39, 0.29) is 24.0 Å². The zero-order chi connectivity index (χ0) is 13.0. The normalized spacial score (nSPS) is 18.5. The molecule has 0 bridgehead atoms. The molecule has 4 nitrogen and oxygen atoms in total. The zero-order valence-electron chi connectivity index (χ0n) is 9.82. The molecule has 1 aromatic carbocycles. The van der Waals surface area contributed by atoms with Gasteiger partial charge in [-0.05, 0) is 12.1 Å². The largest absolute Gasteiger partial charge is 0.493 e. The topological polar surface area (TPSA) is 55.4 Å². The van der Waals surface area contributed by atoms with E-state index in [1.54, 1.807) is 18.2 Å². The molecule has 1 amide bonds. The Labute approximate surface area is 110 Å². The smallest absolute Gasteiger partial charge is 0.221 e. The van der Waals surface area contributed by atoms with Crippen LogP contribution in [0.3, 0.4) is 0 Å². The van der Waals surface area contributed by atoms with Gasteiger partial charge in [0, 0.05) is 18.7 Å². The van der Waals surface area contributed by atoms with Gasteiger partial charge in [-0.15, -0.1) is 11.6 Å². The van der Waals surface area contributed by atoms with Crippen molar-refractivity contribution in [2.24, 2.45) is 0 Å². The van der Waals surface area contributed by atoms with Gasteiger partial charge in [0.1, 0.15) is 5.75 Å². The Hall–Kier alpha value is -1.55. The third-order valence-corrected chi connectivity index (χ3v) is 2.98. The molecule has 2 rings (SSSR count). The van der Waals surface area contributed by atoms with Crippen molar-refractivity contribution in [2.45, 2.75) is 18.9 Å². The van der Waals surface area contributed by atoms with Crippen LogP contribution in [0.1, 0.15) is 23.2 Å². The molecule has 0 spiro atoms. The Morgan fingerprint density at radius 1 is 1.44 bits per heavy atom. The average Bonchev–Trinajstić information content (AvgIpc) is 2.51. The fourth-order valence-electron chi connectivity index (χ4n) is 1.89. The first-order chi connectivity index (χ1) is 8.72. The summed E-state index contributed by atoms with van der Waals surface area (Å²) < 4.78 is 5.49. The molecule has 0 radical (unpaired) electrons. The molecule has 0 saturated heterocycles. The van der Waals surface area contributed by atoms with Crippen LogP contribution in [-0.4, -0.2) is 30.2 Å². The summed E-state index contributed by atoms with van der Waals surface area (Å²) in [7, 11) is 0. The first-order valence-electron chi connectivity index (χ1n) is 5.83. The van der Waals surface area contributed by atoms with E-state index in [2.05, 4.69) is 5.32 Å². The number of nitrogens with one attached hydrogen (secondary N) is 1. The Bertz CT molecular complexity index is 461. The molecule has 1 atom stereocenters. The van der Waals surface area contributed by atoms with Gasteiger partial charge in [0.15, 0.2) is 5.78 Å². The number of carbonyl (C=O) groups excluding carboxylic acids is 2. The summed E-state index contributed by atoms with van der Waals surface area (Å²) in [6.45, 7) is 0.411. The van der Waals surface area contributed by atoms with Crippen LogP contribution in [0.15, 0.2) is 24.3 Å². The summed E-state index contributed by atoms with van der Waals surface area (Å²) in [5.74, 6) is 0.519. The molecule has 96 valence electrons. The molecule has 1 heterocycles. The van der Waals surface area contributed by atoms with E-state index < -0.39 is 6.04 Å². The van der Waals surface area contributed by atoms with Crippen LogP contribution in [0, 0.1) is 0 Å². The predicted molar refractivity (Wildman–Crippen MR) is 68.2 cm³/mol. The van der Waals surface area contributed by atoms with Crippen molar-refractivity contribution < 1.29 is 14.3 Å². The van der Waals surface area contributed by atoms with Gasteiger partial charge in [-0.25, -0.2) is 0 Å². The van der Waals surface area contributed by atoms with E-state index >= 15 is 0 Å². The van der Waals surface area contributed by atoms with Crippen molar-refractivity contribution in [1.82, 2.24) is 5.32 Å². The molecular weight excluding hydrogens is 254 g/mol. The second-order valence-corrected chi connectivity index (χ2v) is 4.43. The molecule has 1 unspecified atom stereocenters. The second-order valence-electron chi connectivity index (χ2n) is 4.06. The van der Waals surface area contributed by atoms with E-state index in [1.165, 1.54) is 0 Å². The Morgan fingerprint density at radius 3 is 3.00 bits per heavy atom. The maximum absolute atomic E-state index is 12.2. The number of amides is 1. The fraction of sp³-hybridized carbons (Fsp3) is 0.385. The molecule has 1 aliphatic heterocycles. The number of Topliss-reactive ketones (excluding diaryl/α,β-unsaturated/α-hetero) is 1. The molecule has 0 saturated carbocycles. The number of rotatable bonds is 3. The Morgan fingerprint density at radius 2 is 2.22 bits per heavy atom. The van der Waals surface area contributed by atoms with E-state index in [9.17, 15) is 9.59 Å². The molecule has 5 heteroatoms. The van der Waals surface area contributed by atoms with Crippen LogP contribution in [0.2, 0.25) is 0 Å². The van der Waals surface area contributed by atoms with Crippen LogP contribution < -0.4 is 10.1 Å². The second kappa shape index (κ2) is 5.87. The van der Waals surface area contributed by atoms with Gasteiger partial charge in [-0.3, -0.25) is 9.59 Å². The number of hydrogen-bond acceptors (Lipinski definition) is 3. The van der Waals surface area contributed by atoms with E-state index in [0.29, 0.717) is 24.3 Å². The SMILES string of the molecule is O=C(CCCl)NC1CCOc2ccccc2C1=O. The van der Waals surface area contributed by atoms with E-state index in [0.717, 1.165) is 0 Å². The summed E-state index contributed by atoms with van der Waals surface area (Å²) >= 11 is 5.49. The maximum atomic E-state index is 12.2. The molecule has 1 aromatic rings. The lowest BCUT2D eigenvalue weighted by Gasteiger charge is -2.14. The lowest BCUT2D eigenvalue weighted by molar-refractivity contribution is -0.121. The van der Waals surface area contributed by atoms with Crippen LogP contribution in [0.5, 0.6) is 5.75 Å². The monoisotopic (exact) mass is 267 g/mol. The summed E-state index contributed by atoms with van der Waals surface area (Å²) in [5.41, 5.74) is 0.520. The van der Waals surface area contributed by atoms with Crippen molar-refractivity contribution in [3.63, 3.8) is 0 Å². The van der Waals surface area contributed by atoms with Crippen molar-refractivity contribution in [3.05, 3.63) is 29.8 Å². The molecule has 1 N–H and O–H groups in total. The van der Waals surface area contributed by atoms with Gasteiger partial charge in [0.25, 0.3) is 0 Å². The molecule has 0 fully saturated rings. The van der Waals surface area contributed by atoms with E-state index in [1.807, 2.05) is 6.07 Å². The molecule has 1 aliphatic rings. The summed E-state index contributed by atoms with van der Waals surface area (Å²) in [4.78, 5) is 23.7.